The van der Waals surface area contributed by atoms with Crippen molar-refractivity contribution in [1.29, 1.82) is 0 Å². The zero-order valence-electron chi connectivity index (χ0n) is 15.5. The maximum Gasteiger partial charge on any atom is 0.264 e. The summed E-state index contributed by atoms with van der Waals surface area (Å²) in [5.74, 6) is 1.06. The summed E-state index contributed by atoms with van der Waals surface area (Å²) >= 11 is 1.39. The van der Waals surface area contributed by atoms with E-state index in [9.17, 15) is 4.79 Å². The maximum absolute atomic E-state index is 13.0. The van der Waals surface area contributed by atoms with Gasteiger partial charge in [-0.2, -0.15) is 4.98 Å². The van der Waals surface area contributed by atoms with E-state index in [0.29, 0.717) is 36.3 Å². The predicted octanol–water partition coefficient (Wildman–Crippen LogP) is 2.39. The van der Waals surface area contributed by atoms with Crippen LogP contribution in [0.25, 0.3) is 10.2 Å². The van der Waals surface area contributed by atoms with Crippen LogP contribution >= 0.6 is 23.7 Å². The molecule has 9 heteroatoms. The molecule has 1 aliphatic heterocycles. The number of hydrogen-bond acceptors (Lipinski definition) is 7. The molecule has 1 fully saturated rings. The lowest BCUT2D eigenvalue weighted by Gasteiger charge is -2.22. The van der Waals surface area contributed by atoms with Gasteiger partial charge in [-0.3, -0.25) is 4.79 Å². The fourth-order valence-electron chi connectivity index (χ4n) is 3.20. The van der Waals surface area contributed by atoms with Crippen LogP contribution in [-0.2, 0) is 11.3 Å². The Kier molecular flexibility index (Phi) is 6.44. The molecular formula is C17H25ClN4O3S. The number of halogens is 1. The quantitative estimate of drug-likeness (QED) is 0.828. The Morgan fingerprint density at radius 2 is 2.12 bits per heavy atom. The summed E-state index contributed by atoms with van der Waals surface area (Å²) in [5, 5.41) is 0.802. The third-order valence-corrected chi connectivity index (χ3v) is 5.98. The van der Waals surface area contributed by atoms with Crippen molar-refractivity contribution < 1.29 is 14.3 Å². The summed E-state index contributed by atoms with van der Waals surface area (Å²) < 4.78 is 10.5. The molecule has 1 amide bonds. The van der Waals surface area contributed by atoms with Gasteiger partial charge in [0.25, 0.3) is 5.91 Å². The number of likely N-dealkylation sites (tertiary alicyclic amines) is 1. The van der Waals surface area contributed by atoms with Crippen molar-refractivity contribution in [2.75, 3.05) is 33.9 Å². The first-order valence-electron chi connectivity index (χ1n) is 8.24. The van der Waals surface area contributed by atoms with Crippen LogP contribution in [0.2, 0.25) is 0 Å². The van der Waals surface area contributed by atoms with Crippen LogP contribution < -0.4 is 10.5 Å². The molecular weight excluding hydrogens is 376 g/mol. The third kappa shape index (κ3) is 3.64. The predicted molar refractivity (Wildman–Crippen MR) is 104 cm³/mol. The number of hydrogen-bond donors (Lipinski definition) is 1. The molecule has 0 spiro atoms. The van der Waals surface area contributed by atoms with Gasteiger partial charge in [-0.15, -0.1) is 23.7 Å². The summed E-state index contributed by atoms with van der Waals surface area (Å²) in [5.41, 5.74) is 6.73. The molecule has 144 valence electrons. The number of amides is 1. The van der Waals surface area contributed by atoms with Crippen molar-refractivity contribution in [3.05, 3.63) is 16.3 Å². The monoisotopic (exact) mass is 400 g/mol. The molecule has 0 bridgehead atoms. The zero-order chi connectivity index (χ0) is 18.2. The molecule has 2 aromatic heterocycles. The molecule has 0 aromatic carbocycles. The van der Waals surface area contributed by atoms with Crippen LogP contribution in [0.15, 0.2) is 0 Å². The number of rotatable bonds is 5. The highest BCUT2D eigenvalue weighted by molar-refractivity contribution is 7.20. The van der Waals surface area contributed by atoms with Crippen LogP contribution in [0.3, 0.4) is 0 Å². The fraction of sp³-hybridized carbons (Fsp3) is 0.588. The van der Waals surface area contributed by atoms with E-state index in [1.807, 2.05) is 11.8 Å². The maximum atomic E-state index is 13.0. The molecule has 0 saturated carbocycles. The first kappa shape index (κ1) is 20.8. The Morgan fingerprint density at radius 3 is 2.69 bits per heavy atom. The first-order chi connectivity index (χ1) is 11.9. The minimum absolute atomic E-state index is 0. The molecule has 2 N–H and O–H groups in total. The smallest absolute Gasteiger partial charge is 0.264 e. The second-order valence-corrected chi connectivity index (χ2v) is 7.81. The summed E-state index contributed by atoms with van der Waals surface area (Å²) in [6.07, 6.45) is 0.931. The largest absolute Gasteiger partial charge is 0.480 e. The molecule has 2 aromatic rings. The Hall–Kier alpha value is -1.48. The van der Waals surface area contributed by atoms with Gasteiger partial charge in [-0.25, -0.2) is 4.98 Å². The molecule has 0 aliphatic carbocycles. The first-order valence-corrected chi connectivity index (χ1v) is 9.06. The average Bonchev–Trinajstić information content (AvgIpc) is 3.16. The van der Waals surface area contributed by atoms with Crippen molar-refractivity contribution in [2.24, 2.45) is 11.1 Å². The van der Waals surface area contributed by atoms with Gasteiger partial charge in [0.1, 0.15) is 11.4 Å². The Morgan fingerprint density at radius 1 is 1.38 bits per heavy atom. The number of nitrogens with two attached hydrogens (primary N) is 1. The number of carbonyl (C=O) groups is 1. The number of thiophene rings is 1. The molecule has 1 aliphatic rings. The fourth-order valence-corrected chi connectivity index (χ4v) is 4.36. The lowest BCUT2D eigenvalue weighted by Crippen LogP contribution is -2.34. The summed E-state index contributed by atoms with van der Waals surface area (Å²) in [4.78, 5) is 25.3. The van der Waals surface area contributed by atoms with E-state index in [-0.39, 0.29) is 23.7 Å². The molecule has 26 heavy (non-hydrogen) atoms. The normalized spacial score (nSPS) is 19.7. The Balaban J connectivity index is 0.00000243. The highest BCUT2D eigenvalue weighted by atomic mass is 35.5. The van der Waals surface area contributed by atoms with E-state index >= 15 is 0 Å². The van der Waals surface area contributed by atoms with Crippen LogP contribution in [0.5, 0.6) is 5.88 Å². The number of aryl methyl sites for hydroxylation is 1. The Labute approximate surface area is 163 Å². The van der Waals surface area contributed by atoms with E-state index in [2.05, 4.69) is 16.9 Å². The third-order valence-electron chi connectivity index (χ3n) is 4.80. The van der Waals surface area contributed by atoms with Crippen molar-refractivity contribution in [3.8, 4) is 5.88 Å². The standard InChI is InChI=1S/C17H24N4O3S.ClH/c1-10-12-14(24-4)19-11(7-23-3)20-15(12)25-13(10)16(22)21-6-5-17(2,8-18)9-21;/h5-9,18H2,1-4H3;1H. The van der Waals surface area contributed by atoms with E-state index < -0.39 is 0 Å². The minimum Gasteiger partial charge on any atom is -0.480 e. The van der Waals surface area contributed by atoms with Gasteiger partial charge in [0.15, 0.2) is 5.82 Å². The summed E-state index contributed by atoms with van der Waals surface area (Å²) in [6, 6.07) is 0. The number of fused-ring (bicyclic) bond motifs is 1. The van der Waals surface area contributed by atoms with Crippen LogP contribution in [0, 0.1) is 12.3 Å². The van der Waals surface area contributed by atoms with Crippen molar-refractivity contribution in [3.63, 3.8) is 0 Å². The lowest BCUT2D eigenvalue weighted by atomic mass is 9.90. The number of ether oxygens (including phenoxy) is 2. The number of aromatic nitrogens is 2. The number of carbonyl (C=O) groups excluding carboxylic acids is 1. The molecule has 1 saturated heterocycles. The van der Waals surface area contributed by atoms with Gasteiger partial charge in [0.2, 0.25) is 5.88 Å². The highest BCUT2D eigenvalue weighted by Crippen LogP contribution is 2.37. The zero-order valence-corrected chi connectivity index (χ0v) is 17.1. The molecule has 3 rings (SSSR count). The minimum atomic E-state index is 0. The average molecular weight is 401 g/mol. The molecule has 3 heterocycles. The van der Waals surface area contributed by atoms with Gasteiger partial charge < -0.3 is 20.1 Å². The molecule has 7 nitrogen and oxygen atoms in total. The van der Waals surface area contributed by atoms with E-state index in [1.54, 1.807) is 14.2 Å². The summed E-state index contributed by atoms with van der Waals surface area (Å²) in [7, 11) is 3.17. The second kappa shape index (κ2) is 8.04. The SMILES string of the molecule is COCc1nc(OC)c2c(C)c(C(=O)N3CCC(C)(CN)C3)sc2n1.Cl. The lowest BCUT2D eigenvalue weighted by molar-refractivity contribution is 0.0781. The van der Waals surface area contributed by atoms with Crippen LogP contribution in [0.4, 0.5) is 0 Å². The van der Waals surface area contributed by atoms with Gasteiger partial charge in [-0.05, 0) is 30.9 Å². The van der Waals surface area contributed by atoms with E-state index in [4.69, 9.17) is 15.2 Å². The van der Waals surface area contributed by atoms with Crippen molar-refractivity contribution in [1.82, 2.24) is 14.9 Å². The highest BCUT2D eigenvalue weighted by Gasteiger charge is 2.36. The van der Waals surface area contributed by atoms with Gasteiger partial charge in [0, 0.05) is 20.2 Å². The topological polar surface area (TPSA) is 90.6 Å². The molecule has 1 unspecified atom stereocenters. The van der Waals surface area contributed by atoms with Gasteiger partial charge in [-0.1, -0.05) is 6.92 Å². The molecule has 0 radical (unpaired) electrons. The van der Waals surface area contributed by atoms with Gasteiger partial charge >= 0.3 is 0 Å². The van der Waals surface area contributed by atoms with Crippen LogP contribution in [0.1, 0.15) is 34.4 Å². The number of nitrogens with zero attached hydrogens (tertiary/aromatic N) is 3. The number of methoxy groups -OCH3 is 2. The second-order valence-electron chi connectivity index (χ2n) is 6.81. The van der Waals surface area contributed by atoms with Crippen LogP contribution in [-0.4, -0.2) is 54.6 Å². The molecule has 1 atom stereocenters. The van der Waals surface area contributed by atoms with Gasteiger partial charge in [0.05, 0.1) is 17.4 Å². The van der Waals surface area contributed by atoms with Crippen molar-refractivity contribution >= 4 is 39.9 Å². The summed E-state index contributed by atoms with van der Waals surface area (Å²) in [6.45, 7) is 6.36. The Bertz CT molecular complexity index is 813. The van der Waals surface area contributed by atoms with E-state index in [1.165, 1.54) is 11.3 Å². The van der Waals surface area contributed by atoms with Crippen molar-refractivity contribution in [2.45, 2.75) is 26.9 Å². The van der Waals surface area contributed by atoms with E-state index in [0.717, 1.165) is 28.7 Å².